The molecule has 7 heteroatoms. The third-order valence-corrected chi connectivity index (χ3v) is 6.08. The standard InChI is InChI=1S/C21H26ClN3O2S/c1-3-27-19(26)21(12-16-4-6-18(22)7-5-16)8-10-25(11-9-21)15-17-13-23-20(28-2)24-14-17/h4-7,13-14H,3,8-12,15H2,1-2H3. The van der Waals surface area contributed by atoms with Gasteiger partial charge in [-0.15, -0.1) is 0 Å². The molecule has 28 heavy (non-hydrogen) atoms. The van der Waals surface area contributed by atoms with Crippen molar-refractivity contribution < 1.29 is 9.53 Å². The number of carbonyl (C=O) groups excluding carboxylic acids is 1. The van der Waals surface area contributed by atoms with Gasteiger partial charge in [0.2, 0.25) is 0 Å². The van der Waals surface area contributed by atoms with E-state index < -0.39 is 5.41 Å². The van der Waals surface area contributed by atoms with Crippen LogP contribution in [0.15, 0.2) is 41.8 Å². The Bertz CT molecular complexity index is 775. The van der Waals surface area contributed by atoms with Crippen molar-refractivity contribution in [1.29, 1.82) is 0 Å². The fourth-order valence-corrected chi connectivity index (χ4v) is 4.10. The quantitative estimate of drug-likeness (QED) is 0.380. The van der Waals surface area contributed by atoms with Gasteiger partial charge < -0.3 is 4.74 Å². The molecular weight excluding hydrogens is 394 g/mol. The molecule has 1 aliphatic heterocycles. The van der Waals surface area contributed by atoms with Crippen LogP contribution in [0.4, 0.5) is 0 Å². The first-order chi connectivity index (χ1) is 13.5. The number of ether oxygens (including phenoxy) is 1. The first kappa shape index (κ1) is 21.1. The molecule has 5 nitrogen and oxygen atoms in total. The van der Waals surface area contributed by atoms with Gasteiger partial charge in [-0.25, -0.2) is 9.97 Å². The molecule has 0 atom stereocenters. The summed E-state index contributed by atoms with van der Waals surface area (Å²) in [4.78, 5) is 23.9. The number of nitrogens with zero attached hydrogens (tertiary/aromatic N) is 3. The second-order valence-electron chi connectivity index (χ2n) is 7.16. The minimum atomic E-state index is -0.473. The van der Waals surface area contributed by atoms with Crippen LogP contribution in [0.3, 0.4) is 0 Å². The molecule has 0 amide bonds. The Kier molecular flexibility index (Phi) is 7.32. The highest BCUT2D eigenvalue weighted by atomic mass is 35.5. The molecule has 0 aliphatic carbocycles. The summed E-state index contributed by atoms with van der Waals surface area (Å²) < 4.78 is 5.45. The summed E-state index contributed by atoms with van der Waals surface area (Å²) in [7, 11) is 0. The van der Waals surface area contributed by atoms with Crippen LogP contribution in [0.2, 0.25) is 5.02 Å². The highest BCUT2D eigenvalue weighted by Gasteiger charge is 2.42. The molecule has 0 spiro atoms. The predicted molar refractivity (Wildman–Crippen MR) is 113 cm³/mol. The Morgan fingerprint density at radius 2 is 1.82 bits per heavy atom. The van der Waals surface area contributed by atoms with E-state index in [1.807, 2.05) is 49.8 Å². The lowest BCUT2D eigenvalue weighted by molar-refractivity contribution is -0.158. The van der Waals surface area contributed by atoms with E-state index in [9.17, 15) is 4.79 Å². The molecule has 1 aromatic carbocycles. The second-order valence-corrected chi connectivity index (χ2v) is 8.37. The molecule has 0 radical (unpaired) electrons. The number of likely N-dealkylation sites (tertiary alicyclic amines) is 1. The maximum Gasteiger partial charge on any atom is 0.312 e. The number of hydrogen-bond donors (Lipinski definition) is 0. The van der Waals surface area contributed by atoms with Gasteiger partial charge in [-0.3, -0.25) is 9.69 Å². The van der Waals surface area contributed by atoms with Gasteiger partial charge >= 0.3 is 5.97 Å². The van der Waals surface area contributed by atoms with E-state index in [1.165, 1.54) is 11.8 Å². The largest absolute Gasteiger partial charge is 0.466 e. The van der Waals surface area contributed by atoms with Gasteiger partial charge in [0, 0.05) is 29.5 Å². The number of aromatic nitrogens is 2. The van der Waals surface area contributed by atoms with Crippen LogP contribution in [-0.2, 0) is 22.5 Å². The second kappa shape index (κ2) is 9.72. The van der Waals surface area contributed by atoms with Crippen molar-refractivity contribution in [2.75, 3.05) is 26.0 Å². The third-order valence-electron chi connectivity index (χ3n) is 5.25. The average Bonchev–Trinajstić information content (AvgIpc) is 2.72. The topological polar surface area (TPSA) is 55.3 Å². The van der Waals surface area contributed by atoms with Crippen molar-refractivity contribution in [3.05, 3.63) is 52.8 Å². The molecule has 1 aromatic heterocycles. The van der Waals surface area contributed by atoms with Crippen LogP contribution < -0.4 is 0 Å². The number of esters is 1. The minimum Gasteiger partial charge on any atom is -0.466 e. The molecule has 2 aromatic rings. The molecule has 0 N–H and O–H groups in total. The fraction of sp³-hybridized carbons (Fsp3) is 0.476. The van der Waals surface area contributed by atoms with Gasteiger partial charge in [0.1, 0.15) is 0 Å². The predicted octanol–water partition coefficient (Wildman–Crippen LogP) is 4.24. The normalized spacial score (nSPS) is 16.7. The summed E-state index contributed by atoms with van der Waals surface area (Å²) in [5.74, 6) is -0.0859. The van der Waals surface area contributed by atoms with Gasteiger partial charge in [-0.2, -0.15) is 0 Å². The van der Waals surface area contributed by atoms with Gasteiger partial charge in [0.05, 0.1) is 12.0 Å². The molecule has 3 rings (SSSR count). The molecule has 1 saturated heterocycles. The number of rotatable bonds is 7. The summed E-state index contributed by atoms with van der Waals surface area (Å²) in [6, 6.07) is 7.76. The van der Waals surface area contributed by atoms with E-state index in [-0.39, 0.29) is 5.97 Å². The van der Waals surface area contributed by atoms with Crippen molar-refractivity contribution in [3.8, 4) is 0 Å². The Morgan fingerprint density at radius 3 is 2.39 bits per heavy atom. The number of halogens is 1. The Hall–Kier alpha value is -1.63. The Morgan fingerprint density at radius 1 is 1.18 bits per heavy atom. The van der Waals surface area contributed by atoms with E-state index in [4.69, 9.17) is 16.3 Å². The average molecular weight is 420 g/mol. The smallest absolute Gasteiger partial charge is 0.312 e. The first-order valence-corrected chi connectivity index (χ1v) is 11.1. The van der Waals surface area contributed by atoms with Crippen LogP contribution in [0.5, 0.6) is 0 Å². The molecule has 2 heterocycles. The molecule has 0 unspecified atom stereocenters. The highest BCUT2D eigenvalue weighted by Crippen LogP contribution is 2.37. The Balaban J connectivity index is 1.67. The van der Waals surface area contributed by atoms with Crippen molar-refractivity contribution in [2.24, 2.45) is 5.41 Å². The zero-order valence-corrected chi connectivity index (χ0v) is 17.9. The van der Waals surface area contributed by atoms with Crippen molar-refractivity contribution in [1.82, 2.24) is 14.9 Å². The van der Waals surface area contributed by atoms with Crippen molar-refractivity contribution in [3.63, 3.8) is 0 Å². The highest BCUT2D eigenvalue weighted by molar-refractivity contribution is 7.98. The minimum absolute atomic E-state index is 0.0859. The van der Waals surface area contributed by atoms with Crippen molar-refractivity contribution in [2.45, 2.75) is 37.9 Å². The van der Waals surface area contributed by atoms with E-state index in [0.717, 1.165) is 48.8 Å². The van der Waals surface area contributed by atoms with Crippen LogP contribution in [-0.4, -0.2) is 46.8 Å². The summed E-state index contributed by atoms with van der Waals surface area (Å²) >= 11 is 7.54. The molecular formula is C21H26ClN3O2S. The summed E-state index contributed by atoms with van der Waals surface area (Å²) in [5.41, 5.74) is 1.74. The van der Waals surface area contributed by atoms with E-state index in [0.29, 0.717) is 18.1 Å². The van der Waals surface area contributed by atoms with Gasteiger partial charge in [-0.05, 0) is 63.2 Å². The summed E-state index contributed by atoms with van der Waals surface area (Å²) in [5, 5.41) is 1.49. The van der Waals surface area contributed by atoms with Crippen molar-refractivity contribution >= 4 is 29.3 Å². The van der Waals surface area contributed by atoms with Gasteiger partial charge in [-0.1, -0.05) is 35.5 Å². The summed E-state index contributed by atoms with van der Waals surface area (Å²) in [6.07, 6.45) is 7.98. The van der Waals surface area contributed by atoms with Crippen LogP contribution in [0.1, 0.15) is 30.9 Å². The number of carbonyl (C=O) groups is 1. The van der Waals surface area contributed by atoms with E-state index in [2.05, 4.69) is 14.9 Å². The lowest BCUT2D eigenvalue weighted by Gasteiger charge is -2.40. The first-order valence-electron chi connectivity index (χ1n) is 9.53. The molecule has 1 aliphatic rings. The maximum absolute atomic E-state index is 12.8. The number of hydrogen-bond acceptors (Lipinski definition) is 6. The monoisotopic (exact) mass is 419 g/mol. The SMILES string of the molecule is CCOC(=O)C1(Cc2ccc(Cl)cc2)CCN(Cc2cnc(SC)nc2)CC1. The van der Waals surface area contributed by atoms with Gasteiger partial charge in [0.15, 0.2) is 5.16 Å². The zero-order valence-electron chi connectivity index (χ0n) is 16.4. The van der Waals surface area contributed by atoms with E-state index >= 15 is 0 Å². The molecule has 150 valence electrons. The Labute approximate surface area is 175 Å². The van der Waals surface area contributed by atoms with Crippen LogP contribution in [0.25, 0.3) is 0 Å². The van der Waals surface area contributed by atoms with Crippen LogP contribution >= 0.6 is 23.4 Å². The maximum atomic E-state index is 12.8. The summed E-state index contributed by atoms with van der Waals surface area (Å²) in [6.45, 7) is 4.76. The van der Waals surface area contributed by atoms with Crippen LogP contribution in [0, 0.1) is 5.41 Å². The zero-order chi connectivity index (χ0) is 20.0. The lowest BCUT2D eigenvalue weighted by atomic mass is 9.73. The molecule has 0 bridgehead atoms. The fourth-order valence-electron chi connectivity index (χ4n) is 3.66. The third kappa shape index (κ3) is 5.25. The van der Waals surface area contributed by atoms with Gasteiger partial charge in [0.25, 0.3) is 0 Å². The number of thioether (sulfide) groups is 1. The van der Waals surface area contributed by atoms with E-state index in [1.54, 1.807) is 0 Å². The lowest BCUT2D eigenvalue weighted by Crippen LogP contribution is -2.46. The number of piperidine rings is 1. The molecule has 0 saturated carbocycles. The molecule has 1 fully saturated rings. The number of benzene rings is 1.